The molecule has 5 nitrogen and oxygen atoms in total. The molecule has 0 heterocycles. The van der Waals surface area contributed by atoms with Crippen LogP contribution in [0.5, 0.6) is 11.5 Å². The molecular weight excluding hydrogens is 330 g/mol. The minimum atomic E-state index is -0.473. The molecule has 3 rings (SSSR count). The maximum atomic E-state index is 12.2. The van der Waals surface area contributed by atoms with E-state index in [9.17, 15) is 4.79 Å². The Kier molecular flexibility index (Phi) is 5.89. The summed E-state index contributed by atoms with van der Waals surface area (Å²) in [6.45, 7) is 2.79. The van der Waals surface area contributed by atoms with Gasteiger partial charge in [0.15, 0.2) is 0 Å². The number of aryl methyl sites for hydroxylation is 1. The fourth-order valence-corrected chi connectivity index (χ4v) is 2.84. The zero-order valence-corrected chi connectivity index (χ0v) is 15.2. The van der Waals surface area contributed by atoms with Crippen molar-refractivity contribution in [3.05, 3.63) is 59.2 Å². The second-order valence-corrected chi connectivity index (χ2v) is 6.17. The van der Waals surface area contributed by atoms with E-state index in [1.165, 1.54) is 0 Å². The predicted molar refractivity (Wildman–Crippen MR) is 100 cm³/mol. The molecule has 0 bridgehead atoms. The predicted octanol–water partition coefficient (Wildman–Crippen LogP) is 4.38. The number of oxime groups is 1. The van der Waals surface area contributed by atoms with Gasteiger partial charge in [0.1, 0.15) is 11.5 Å². The molecule has 0 saturated heterocycles. The number of carbonyl (C=O) groups excluding carboxylic acids is 1. The van der Waals surface area contributed by atoms with E-state index in [1.54, 1.807) is 31.4 Å². The van der Waals surface area contributed by atoms with Crippen LogP contribution in [0.15, 0.2) is 47.6 Å². The first-order valence-corrected chi connectivity index (χ1v) is 8.89. The smallest absolute Gasteiger partial charge is 0.365 e. The van der Waals surface area contributed by atoms with E-state index in [4.69, 9.17) is 14.3 Å². The third-order valence-electron chi connectivity index (χ3n) is 4.35. The van der Waals surface area contributed by atoms with Crippen LogP contribution in [0.25, 0.3) is 0 Å². The fourth-order valence-electron chi connectivity index (χ4n) is 2.84. The quantitative estimate of drug-likeness (QED) is 0.421. The van der Waals surface area contributed by atoms with Gasteiger partial charge in [-0.25, -0.2) is 4.79 Å². The summed E-state index contributed by atoms with van der Waals surface area (Å²) in [5, 5.41) is 4.07. The molecule has 1 aliphatic carbocycles. The largest absolute Gasteiger partial charge is 0.497 e. The average Bonchev–Trinajstić information content (AvgIpc) is 3.09. The summed E-state index contributed by atoms with van der Waals surface area (Å²) >= 11 is 0. The standard InChI is InChI=1S/C21H23NO4/c1-3-4-13-25-17-8-5-15(6-9-17)21(23)26-22-20-12-7-16-14-18(24-2)10-11-19(16)20/h5-6,8-11,14H,3-4,7,12-13H2,1-2H3/b22-20-. The molecule has 0 radical (unpaired) electrons. The van der Waals surface area contributed by atoms with Crippen LogP contribution in [-0.2, 0) is 11.3 Å². The number of carbonyl (C=O) groups is 1. The molecule has 0 fully saturated rings. The van der Waals surface area contributed by atoms with Crippen molar-refractivity contribution in [2.75, 3.05) is 13.7 Å². The van der Waals surface area contributed by atoms with E-state index >= 15 is 0 Å². The number of rotatable bonds is 7. The molecule has 2 aromatic rings. The Hall–Kier alpha value is -2.82. The van der Waals surface area contributed by atoms with E-state index in [1.807, 2.05) is 18.2 Å². The van der Waals surface area contributed by atoms with Gasteiger partial charge in [0.2, 0.25) is 0 Å². The van der Waals surface area contributed by atoms with Gasteiger partial charge in [-0.2, -0.15) is 0 Å². The van der Waals surface area contributed by atoms with Gasteiger partial charge in [0.25, 0.3) is 0 Å². The number of hydrogen-bond donors (Lipinski definition) is 0. The van der Waals surface area contributed by atoms with Crippen molar-refractivity contribution in [3.8, 4) is 11.5 Å². The second kappa shape index (κ2) is 8.52. The highest BCUT2D eigenvalue weighted by Crippen LogP contribution is 2.27. The molecule has 1 aliphatic rings. The highest BCUT2D eigenvalue weighted by atomic mass is 16.7. The summed E-state index contributed by atoms with van der Waals surface area (Å²) < 4.78 is 10.8. The van der Waals surface area contributed by atoms with Gasteiger partial charge >= 0.3 is 5.97 Å². The first-order valence-electron chi connectivity index (χ1n) is 8.89. The summed E-state index contributed by atoms with van der Waals surface area (Å²) in [6.07, 6.45) is 3.71. The lowest BCUT2D eigenvalue weighted by Gasteiger charge is -2.06. The van der Waals surface area contributed by atoms with Crippen molar-refractivity contribution in [1.29, 1.82) is 0 Å². The number of fused-ring (bicyclic) bond motifs is 1. The van der Waals surface area contributed by atoms with Crippen molar-refractivity contribution >= 4 is 11.7 Å². The second-order valence-electron chi connectivity index (χ2n) is 6.17. The van der Waals surface area contributed by atoms with Crippen LogP contribution in [0.2, 0.25) is 0 Å². The number of benzene rings is 2. The Labute approximate surface area is 153 Å². The molecule has 0 aliphatic heterocycles. The molecule has 2 aromatic carbocycles. The van der Waals surface area contributed by atoms with Crippen LogP contribution in [-0.4, -0.2) is 25.4 Å². The molecule has 0 N–H and O–H groups in total. The number of methoxy groups -OCH3 is 1. The molecule has 0 spiro atoms. The molecule has 0 unspecified atom stereocenters. The maximum Gasteiger partial charge on any atom is 0.365 e. The first-order chi connectivity index (χ1) is 12.7. The molecular formula is C21H23NO4. The topological polar surface area (TPSA) is 57.1 Å². The van der Waals surface area contributed by atoms with Crippen LogP contribution in [0, 0.1) is 0 Å². The van der Waals surface area contributed by atoms with Gasteiger partial charge in [-0.3, -0.25) is 0 Å². The lowest BCUT2D eigenvalue weighted by Crippen LogP contribution is -2.04. The monoisotopic (exact) mass is 353 g/mol. The van der Waals surface area contributed by atoms with E-state index in [0.29, 0.717) is 12.2 Å². The first kappa shape index (κ1) is 18.0. The van der Waals surface area contributed by atoms with Gasteiger partial charge < -0.3 is 14.3 Å². The van der Waals surface area contributed by atoms with Crippen molar-refractivity contribution in [2.45, 2.75) is 32.6 Å². The minimum Gasteiger partial charge on any atom is -0.497 e. The highest BCUT2D eigenvalue weighted by molar-refractivity contribution is 6.04. The molecule has 0 atom stereocenters. The average molecular weight is 353 g/mol. The van der Waals surface area contributed by atoms with Crippen LogP contribution >= 0.6 is 0 Å². The normalized spacial score (nSPS) is 14.2. The maximum absolute atomic E-state index is 12.2. The van der Waals surface area contributed by atoms with E-state index in [-0.39, 0.29) is 0 Å². The summed E-state index contributed by atoms with van der Waals surface area (Å²) in [7, 11) is 1.65. The van der Waals surface area contributed by atoms with Crippen LogP contribution in [0.1, 0.15) is 47.7 Å². The summed E-state index contributed by atoms with van der Waals surface area (Å²) in [5.74, 6) is 1.10. The number of hydrogen-bond acceptors (Lipinski definition) is 5. The number of nitrogens with zero attached hydrogens (tertiary/aromatic N) is 1. The summed E-state index contributed by atoms with van der Waals surface area (Å²) in [6, 6.07) is 12.8. The highest BCUT2D eigenvalue weighted by Gasteiger charge is 2.19. The Morgan fingerprint density at radius 1 is 1.08 bits per heavy atom. The molecule has 0 aromatic heterocycles. The molecule has 136 valence electrons. The fraction of sp³-hybridized carbons (Fsp3) is 0.333. The third-order valence-corrected chi connectivity index (χ3v) is 4.35. The van der Waals surface area contributed by atoms with E-state index in [2.05, 4.69) is 12.1 Å². The van der Waals surface area contributed by atoms with Crippen LogP contribution < -0.4 is 9.47 Å². The third kappa shape index (κ3) is 4.23. The van der Waals surface area contributed by atoms with Crippen molar-refractivity contribution in [3.63, 3.8) is 0 Å². The zero-order chi connectivity index (χ0) is 18.4. The Morgan fingerprint density at radius 3 is 2.58 bits per heavy atom. The van der Waals surface area contributed by atoms with Gasteiger partial charge in [-0.1, -0.05) is 18.5 Å². The number of unbranched alkanes of at least 4 members (excludes halogenated alkanes) is 1. The van der Waals surface area contributed by atoms with Crippen molar-refractivity contribution in [2.24, 2.45) is 5.16 Å². The van der Waals surface area contributed by atoms with E-state index in [0.717, 1.165) is 54.0 Å². The van der Waals surface area contributed by atoms with Crippen molar-refractivity contribution < 1.29 is 19.1 Å². The van der Waals surface area contributed by atoms with Gasteiger partial charge in [0.05, 0.1) is 25.0 Å². The van der Waals surface area contributed by atoms with Crippen molar-refractivity contribution in [1.82, 2.24) is 0 Å². The number of ether oxygens (including phenoxy) is 2. The Balaban J connectivity index is 1.62. The van der Waals surface area contributed by atoms with Gasteiger partial charge in [0, 0.05) is 5.56 Å². The van der Waals surface area contributed by atoms with Gasteiger partial charge in [-0.05, 0) is 67.3 Å². The minimum absolute atomic E-state index is 0.449. The molecule has 0 amide bonds. The van der Waals surface area contributed by atoms with Crippen LogP contribution in [0.4, 0.5) is 0 Å². The Bertz CT molecular complexity index is 796. The lowest BCUT2D eigenvalue weighted by molar-refractivity contribution is 0.0516. The zero-order valence-electron chi connectivity index (χ0n) is 15.2. The lowest BCUT2D eigenvalue weighted by atomic mass is 10.1. The molecule has 0 saturated carbocycles. The SMILES string of the molecule is CCCCOc1ccc(C(=O)O/N=C2/CCc3cc(OC)ccc32)cc1. The Morgan fingerprint density at radius 2 is 1.85 bits per heavy atom. The molecule has 26 heavy (non-hydrogen) atoms. The summed E-state index contributed by atoms with van der Waals surface area (Å²) in [4.78, 5) is 17.3. The summed E-state index contributed by atoms with van der Waals surface area (Å²) in [5.41, 5.74) is 3.41. The van der Waals surface area contributed by atoms with E-state index < -0.39 is 5.97 Å². The molecule has 5 heteroatoms. The van der Waals surface area contributed by atoms with Gasteiger partial charge in [-0.15, -0.1) is 0 Å². The van der Waals surface area contributed by atoms with Crippen LogP contribution in [0.3, 0.4) is 0 Å².